The molecule has 0 unspecified atom stereocenters. The number of nitrogens with one attached hydrogen (secondary N) is 1. The van der Waals surface area contributed by atoms with Gasteiger partial charge in [-0.05, 0) is 37.1 Å². The predicted octanol–water partition coefficient (Wildman–Crippen LogP) is 4.34. The molecule has 2 nitrogen and oxygen atoms in total. The molecular formula is C14H16Cl2N2S. The molecule has 19 heavy (non-hydrogen) atoms. The first-order valence-electron chi connectivity index (χ1n) is 6.27. The fraction of sp³-hybridized carbons (Fsp3) is 0.357. The van der Waals surface area contributed by atoms with Gasteiger partial charge in [0.1, 0.15) is 0 Å². The summed E-state index contributed by atoms with van der Waals surface area (Å²) in [6, 6.07) is 5.64. The topological polar surface area (TPSA) is 24.9 Å². The van der Waals surface area contributed by atoms with Crippen LogP contribution in [0.4, 0.5) is 0 Å². The van der Waals surface area contributed by atoms with Crippen LogP contribution in [-0.2, 0) is 19.4 Å². The number of hydrogen-bond acceptors (Lipinski definition) is 3. The number of aryl methyl sites for hydroxylation is 1. The molecule has 0 saturated heterocycles. The van der Waals surface area contributed by atoms with Crippen LogP contribution < -0.4 is 5.32 Å². The third-order valence-corrected chi connectivity index (χ3v) is 4.52. The van der Waals surface area contributed by atoms with E-state index in [-0.39, 0.29) is 0 Å². The second-order valence-electron chi connectivity index (χ2n) is 4.24. The maximum absolute atomic E-state index is 6.13. The molecule has 2 rings (SSSR count). The van der Waals surface area contributed by atoms with E-state index < -0.39 is 0 Å². The van der Waals surface area contributed by atoms with E-state index in [1.165, 1.54) is 9.88 Å². The Morgan fingerprint density at radius 3 is 2.84 bits per heavy atom. The van der Waals surface area contributed by atoms with Crippen LogP contribution in [0.2, 0.25) is 10.0 Å². The van der Waals surface area contributed by atoms with Gasteiger partial charge in [0.25, 0.3) is 0 Å². The number of nitrogens with zero attached hydrogens (tertiary/aromatic N) is 1. The van der Waals surface area contributed by atoms with E-state index >= 15 is 0 Å². The van der Waals surface area contributed by atoms with Gasteiger partial charge in [0.2, 0.25) is 0 Å². The second kappa shape index (κ2) is 7.25. The lowest BCUT2D eigenvalue weighted by molar-refractivity contribution is 0.693. The van der Waals surface area contributed by atoms with Crippen molar-refractivity contribution in [3.63, 3.8) is 0 Å². The molecular weight excluding hydrogens is 299 g/mol. The first-order chi connectivity index (χ1) is 9.19. The number of rotatable bonds is 6. The van der Waals surface area contributed by atoms with Gasteiger partial charge in [0.05, 0.1) is 5.01 Å². The molecule has 0 saturated carbocycles. The molecule has 1 aromatic heterocycles. The number of benzene rings is 1. The van der Waals surface area contributed by atoms with Crippen molar-refractivity contribution in [1.29, 1.82) is 0 Å². The molecule has 0 aliphatic carbocycles. The SMILES string of the molecule is CCc1ncc(CNCCc2ccc(Cl)cc2Cl)s1. The summed E-state index contributed by atoms with van der Waals surface area (Å²) in [7, 11) is 0. The molecule has 0 bridgehead atoms. The summed E-state index contributed by atoms with van der Waals surface area (Å²) in [4.78, 5) is 5.62. The Kier molecular flexibility index (Phi) is 5.64. The molecule has 0 fully saturated rings. The summed E-state index contributed by atoms with van der Waals surface area (Å²) < 4.78 is 0. The molecule has 2 aromatic rings. The third kappa shape index (κ3) is 4.46. The largest absolute Gasteiger partial charge is 0.311 e. The molecule has 102 valence electrons. The molecule has 0 radical (unpaired) electrons. The highest BCUT2D eigenvalue weighted by molar-refractivity contribution is 7.11. The molecule has 1 N–H and O–H groups in total. The van der Waals surface area contributed by atoms with Crippen LogP contribution in [-0.4, -0.2) is 11.5 Å². The van der Waals surface area contributed by atoms with E-state index in [0.717, 1.165) is 36.5 Å². The summed E-state index contributed by atoms with van der Waals surface area (Å²) in [5.41, 5.74) is 1.12. The van der Waals surface area contributed by atoms with E-state index in [1.807, 2.05) is 18.3 Å². The highest BCUT2D eigenvalue weighted by atomic mass is 35.5. The molecule has 0 aliphatic heterocycles. The summed E-state index contributed by atoms with van der Waals surface area (Å²) in [6.45, 7) is 3.88. The van der Waals surface area contributed by atoms with Crippen molar-refractivity contribution >= 4 is 34.5 Å². The van der Waals surface area contributed by atoms with Crippen molar-refractivity contribution in [2.24, 2.45) is 0 Å². The minimum atomic E-state index is 0.679. The van der Waals surface area contributed by atoms with E-state index in [0.29, 0.717) is 5.02 Å². The number of aromatic nitrogens is 1. The van der Waals surface area contributed by atoms with E-state index in [1.54, 1.807) is 17.4 Å². The van der Waals surface area contributed by atoms with Crippen molar-refractivity contribution in [2.45, 2.75) is 26.3 Å². The zero-order valence-electron chi connectivity index (χ0n) is 10.7. The van der Waals surface area contributed by atoms with Crippen molar-refractivity contribution < 1.29 is 0 Å². The lowest BCUT2D eigenvalue weighted by atomic mass is 10.1. The van der Waals surface area contributed by atoms with E-state index in [2.05, 4.69) is 17.2 Å². The highest BCUT2D eigenvalue weighted by Gasteiger charge is 2.02. The highest BCUT2D eigenvalue weighted by Crippen LogP contribution is 2.21. The van der Waals surface area contributed by atoms with E-state index in [9.17, 15) is 0 Å². The van der Waals surface area contributed by atoms with Crippen LogP contribution in [0.3, 0.4) is 0 Å². The standard InChI is InChI=1S/C14H16Cl2N2S/c1-2-14-18-9-12(19-14)8-17-6-5-10-3-4-11(15)7-13(10)16/h3-4,7,9,17H,2,5-6,8H2,1H3. The molecule has 0 aliphatic rings. The predicted molar refractivity (Wildman–Crippen MR) is 83.4 cm³/mol. The molecule has 0 spiro atoms. The maximum atomic E-state index is 6.13. The van der Waals surface area contributed by atoms with Gasteiger partial charge in [0, 0.05) is 27.7 Å². The van der Waals surface area contributed by atoms with E-state index in [4.69, 9.17) is 23.2 Å². The molecule has 1 aromatic carbocycles. The van der Waals surface area contributed by atoms with Gasteiger partial charge < -0.3 is 5.32 Å². The van der Waals surface area contributed by atoms with Gasteiger partial charge >= 0.3 is 0 Å². The van der Waals surface area contributed by atoms with Crippen molar-refractivity contribution in [2.75, 3.05) is 6.54 Å². The quantitative estimate of drug-likeness (QED) is 0.802. The maximum Gasteiger partial charge on any atom is 0.0925 e. The minimum absolute atomic E-state index is 0.679. The number of thiazole rings is 1. The van der Waals surface area contributed by atoms with Crippen LogP contribution in [0.25, 0.3) is 0 Å². The van der Waals surface area contributed by atoms with Crippen LogP contribution in [0, 0.1) is 0 Å². The molecule has 0 atom stereocenters. The summed E-state index contributed by atoms with van der Waals surface area (Å²) in [5.74, 6) is 0. The average Bonchev–Trinajstić information content (AvgIpc) is 2.84. The molecule has 0 amide bonds. The first-order valence-corrected chi connectivity index (χ1v) is 7.84. The van der Waals surface area contributed by atoms with Gasteiger partial charge in [-0.15, -0.1) is 11.3 Å². The summed E-state index contributed by atoms with van der Waals surface area (Å²) >= 11 is 13.8. The summed E-state index contributed by atoms with van der Waals surface area (Å²) in [5, 5.41) is 6.02. The monoisotopic (exact) mass is 314 g/mol. The Balaban J connectivity index is 1.77. The smallest absolute Gasteiger partial charge is 0.0925 e. The third-order valence-electron chi connectivity index (χ3n) is 2.79. The zero-order chi connectivity index (χ0) is 13.7. The molecule has 5 heteroatoms. The Morgan fingerprint density at radius 1 is 1.32 bits per heavy atom. The van der Waals surface area contributed by atoms with Crippen LogP contribution in [0.1, 0.15) is 22.4 Å². The molecule has 1 heterocycles. The van der Waals surface area contributed by atoms with Gasteiger partial charge in [-0.1, -0.05) is 36.2 Å². The van der Waals surface area contributed by atoms with Gasteiger partial charge in [-0.25, -0.2) is 4.98 Å². The lowest BCUT2D eigenvalue weighted by Gasteiger charge is -2.05. The first kappa shape index (κ1) is 14.8. The van der Waals surface area contributed by atoms with Gasteiger partial charge in [-0.3, -0.25) is 0 Å². The Bertz CT molecular complexity index is 540. The minimum Gasteiger partial charge on any atom is -0.311 e. The average molecular weight is 315 g/mol. The van der Waals surface area contributed by atoms with Crippen molar-refractivity contribution in [1.82, 2.24) is 10.3 Å². The van der Waals surface area contributed by atoms with Gasteiger partial charge in [0.15, 0.2) is 0 Å². The Morgan fingerprint density at radius 2 is 2.16 bits per heavy atom. The second-order valence-corrected chi connectivity index (χ2v) is 6.28. The fourth-order valence-corrected chi connectivity index (χ4v) is 3.09. The number of halogens is 2. The van der Waals surface area contributed by atoms with Gasteiger partial charge in [-0.2, -0.15) is 0 Å². The van der Waals surface area contributed by atoms with Crippen molar-refractivity contribution in [3.05, 3.63) is 49.9 Å². The lowest BCUT2D eigenvalue weighted by Crippen LogP contribution is -2.16. The summed E-state index contributed by atoms with van der Waals surface area (Å²) in [6.07, 6.45) is 3.85. The van der Waals surface area contributed by atoms with Crippen LogP contribution in [0.15, 0.2) is 24.4 Å². The number of hydrogen-bond donors (Lipinski definition) is 1. The van der Waals surface area contributed by atoms with Crippen molar-refractivity contribution in [3.8, 4) is 0 Å². The Labute approximate surface area is 127 Å². The normalized spacial score (nSPS) is 10.9. The fourth-order valence-electron chi connectivity index (χ4n) is 1.75. The zero-order valence-corrected chi connectivity index (χ0v) is 13.1. The van der Waals surface area contributed by atoms with Crippen LogP contribution >= 0.6 is 34.5 Å². The van der Waals surface area contributed by atoms with Crippen LogP contribution in [0.5, 0.6) is 0 Å². The Hall–Kier alpha value is -0.610.